The lowest BCUT2D eigenvalue weighted by atomic mass is 10.0. The van der Waals surface area contributed by atoms with Crippen molar-refractivity contribution < 1.29 is 4.79 Å². The second-order valence-corrected chi connectivity index (χ2v) is 5.52. The largest absolute Gasteiger partial charge is 0.325 e. The minimum Gasteiger partial charge on any atom is -0.325 e. The smallest absolute Gasteiger partial charge is 0.241 e. The van der Waals surface area contributed by atoms with Crippen LogP contribution in [0.25, 0.3) is 0 Å². The van der Waals surface area contributed by atoms with Crippen LogP contribution in [0.15, 0.2) is 36.9 Å². The summed E-state index contributed by atoms with van der Waals surface area (Å²) in [4.78, 5) is 15.8. The van der Waals surface area contributed by atoms with Crippen LogP contribution in [0.4, 0.5) is 5.69 Å². The van der Waals surface area contributed by atoms with Crippen LogP contribution in [0.1, 0.15) is 25.8 Å². The predicted octanol–water partition coefficient (Wildman–Crippen LogP) is 1.64. The number of amides is 1. The minimum atomic E-state index is -0.472. The first-order valence-electron chi connectivity index (χ1n) is 7.02. The molecule has 21 heavy (non-hydrogen) atoms. The van der Waals surface area contributed by atoms with E-state index >= 15 is 0 Å². The third-order valence-corrected chi connectivity index (χ3v) is 3.09. The van der Waals surface area contributed by atoms with Gasteiger partial charge in [0.15, 0.2) is 0 Å². The van der Waals surface area contributed by atoms with Crippen molar-refractivity contribution in [3.63, 3.8) is 0 Å². The van der Waals surface area contributed by atoms with E-state index in [0.29, 0.717) is 18.9 Å². The molecule has 0 saturated carbocycles. The van der Waals surface area contributed by atoms with Gasteiger partial charge in [-0.05, 0) is 30.0 Å². The van der Waals surface area contributed by atoms with Gasteiger partial charge in [0.1, 0.15) is 12.7 Å². The van der Waals surface area contributed by atoms with Crippen molar-refractivity contribution in [1.82, 2.24) is 14.8 Å². The topological polar surface area (TPSA) is 85.8 Å². The summed E-state index contributed by atoms with van der Waals surface area (Å²) in [5, 5.41) is 6.89. The molecule has 0 fully saturated rings. The first-order chi connectivity index (χ1) is 10.0. The summed E-state index contributed by atoms with van der Waals surface area (Å²) >= 11 is 0. The lowest BCUT2D eigenvalue weighted by molar-refractivity contribution is -0.117. The summed E-state index contributed by atoms with van der Waals surface area (Å²) in [6, 6.07) is 7.16. The van der Waals surface area contributed by atoms with Crippen molar-refractivity contribution >= 4 is 11.6 Å². The summed E-state index contributed by atoms with van der Waals surface area (Å²) in [6.07, 6.45) is 3.85. The number of aromatic nitrogens is 3. The van der Waals surface area contributed by atoms with Gasteiger partial charge in [0.05, 0.1) is 12.6 Å². The molecule has 0 aliphatic heterocycles. The predicted molar refractivity (Wildman–Crippen MR) is 81.6 cm³/mol. The Balaban J connectivity index is 1.91. The fourth-order valence-corrected chi connectivity index (χ4v) is 2.04. The zero-order valence-electron chi connectivity index (χ0n) is 12.4. The molecule has 1 amide bonds. The molecule has 112 valence electrons. The zero-order valence-corrected chi connectivity index (χ0v) is 12.4. The van der Waals surface area contributed by atoms with Gasteiger partial charge in [-0.25, -0.2) is 9.67 Å². The molecule has 0 saturated heterocycles. The van der Waals surface area contributed by atoms with Crippen LogP contribution in [-0.4, -0.2) is 26.7 Å². The number of carbonyl (C=O) groups excluding carboxylic acids is 1. The van der Waals surface area contributed by atoms with Crippen LogP contribution in [0.2, 0.25) is 0 Å². The van der Waals surface area contributed by atoms with E-state index in [1.165, 1.54) is 6.33 Å². The molecule has 0 spiro atoms. The Labute approximate surface area is 124 Å². The van der Waals surface area contributed by atoms with E-state index in [1.54, 1.807) is 11.0 Å². The van der Waals surface area contributed by atoms with Gasteiger partial charge >= 0.3 is 0 Å². The molecule has 6 heteroatoms. The van der Waals surface area contributed by atoms with E-state index in [9.17, 15) is 4.79 Å². The molecular weight excluding hydrogens is 266 g/mol. The molecule has 3 N–H and O–H groups in total. The standard InChI is InChI=1S/C15H21N5O/c1-11(2)7-14(16)15(21)19-13-5-3-12(4-6-13)8-20-10-17-9-18-20/h3-6,9-11,14H,7-8,16H2,1-2H3,(H,19,21)/t14-/m0/s1. The van der Waals surface area contributed by atoms with E-state index < -0.39 is 6.04 Å². The molecule has 1 aromatic heterocycles. The molecular formula is C15H21N5O. The number of nitrogens with two attached hydrogens (primary N) is 1. The SMILES string of the molecule is CC(C)C[C@H](N)C(=O)Nc1ccc(Cn2cncn2)cc1. The van der Waals surface area contributed by atoms with E-state index in [1.807, 2.05) is 38.1 Å². The van der Waals surface area contributed by atoms with Crippen LogP contribution in [-0.2, 0) is 11.3 Å². The van der Waals surface area contributed by atoms with Crippen molar-refractivity contribution in [2.24, 2.45) is 11.7 Å². The molecule has 0 aliphatic carbocycles. The zero-order chi connectivity index (χ0) is 15.2. The van der Waals surface area contributed by atoms with E-state index in [2.05, 4.69) is 15.4 Å². The summed E-state index contributed by atoms with van der Waals surface area (Å²) in [5.41, 5.74) is 7.70. The van der Waals surface area contributed by atoms with Gasteiger partial charge in [-0.2, -0.15) is 5.10 Å². The Morgan fingerprint density at radius 3 is 2.62 bits per heavy atom. The van der Waals surface area contributed by atoms with Crippen molar-refractivity contribution in [2.75, 3.05) is 5.32 Å². The highest BCUT2D eigenvalue weighted by atomic mass is 16.2. The van der Waals surface area contributed by atoms with Crippen LogP contribution in [0, 0.1) is 5.92 Å². The Bertz CT molecular complexity index is 562. The van der Waals surface area contributed by atoms with Gasteiger partial charge in [0.2, 0.25) is 5.91 Å². The van der Waals surface area contributed by atoms with Crippen molar-refractivity contribution in [3.8, 4) is 0 Å². The first kappa shape index (κ1) is 15.2. The summed E-state index contributed by atoms with van der Waals surface area (Å²) in [5.74, 6) is 0.253. The lowest BCUT2D eigenvalue weighted by Gasteiger charge is -2.14. The molecule has 1 aromatic carbocycles. The van der Waals surface area contributed by atoms with Crippen LogP contribution in [0.5, 0.6) is 0 Å². The molecule has 2 aromatic rings. The van der Waals surface area contributed by atoms with E-state index in [4.69, 9.17) is 5.73 Å². The third-order valence-electron chi connectivity index (χ3n) is 3.09. The number of hydrogen-bond donors (Lipinski definition) is 2. The number of benzene rings is 1. The molecule has 6 nitrogen and oxygen atoms in total. The Morgan fingerprint density at radius 2 is 2.05 bits per heavy atom. The van der Waals surface area contributed by atoms with Crippen molar-refractivity contribution in [2.45, 2.75) is 32.9 Å². The second kappa shape index (κ2) is 6.99. The maximum Gasteiger partial charge on any atom is 0.241 e. The highest BCUT2D eigenvalue weighted by Crippen LogP contribution is 2.12. The maximum absolute atomic E-state index is 11.9. The van der Waals surface area contributed by atoms with Gasteiger partial charge < -0.3 is 11.1 Å². The number of carbonyl (C=O) groups is 1. The Morgan fingerprint density at radius 1 is 1.33 bits per heavy atom. The minimum absolute atomic E-state index is 0.146. The quantitative estimate of drug-likeness (QED) is 0.845. The number of rotatable bonds is 6. The number of anilines is 1. The summed E-state index contributed by atoms with van der Waals surface area (Å²) in [7, 11) is 0. The van der Waals surface area contributed by atoms with Crippen LogP contribution < -0.4 is 11.1 Å². The van der Waals surface area contributed by atoms with Gasteiger partial charge in [-0.3, -0.25) is 4.79 Å². The summed E-state index contributed by atoms with van der Waals surface area (Å²) in [6.45, 7) is 4.75. The highest BCUT2D eigenvalue weighted by molar-refractivity contribution is 5.94. The normalized spacial score (nSPS) is 12.4. The number of nitrogens with zero attached hydrogens (tertiary/aromatic N) is 3. The monoisotopic (exact) mass is 287 g/mol. The third kappa shape index (κ3) is 4.68. The number of nitrogens with one attached hydrogen (secondary N) is 1. The average molecular weight is 287 g/mol. The molecule has 1 atom stereocenters. The molecule has 0 aliphatic rings. The van der Waals surface area contributed by atoms with Gasteiger partial charge in [-0.15, -0.1) is 0 Å². The number of hydrogen-bond acceptors (Lipinski definition) is 4. The van der Waals surface area contributed by atoms with Crippen LogP contribution >= 0.6 is 0 Å². The molecule has 1 heterocycles. The van der Waals surface area contributed by atoms with Gasteiger partial charge in [0, 0.05) is 5.69 Å². The lowest BCUT2D eigenvalue weighted by Crippen LogP contribution is -2.36. The van der Waals surface area contributed by atoms with Crippen molar-refractivity contribution in [1.29, 1.82) is 0 Å². The fourth-order valence-electron chi connectivity index (χ4n) is 2.04. The Hall–Kier alpha value is -2.21. The van der Waals surface area contributed by atoms with Crippen molar-refractivity contribution in [3.05, 3.63) is 42.5 Å². The van der Waals surface area contributed by atoms with Crippen LogP contribution in [0.3, 0.4) is 0 Å². The highest BCUT2D eigenvalue weighted by Gasteiger charge is 2.14. The molecule has 0 unspecified atom stereocenters. The second-order valence-electron chi connectivity index (χ2n) is 5.52. The first-order valence-corrected chi connectivity index (χ1v) is 7.02. The molecule has 0 radical (unpaired) electrons. The Kier molecular flexibility index (Phi) is 5.05. The molecule has 0 bridgehead atoms. The summed E-state index contributed by atoms with van der Waals surface area (Å²) < 4.78 is 1.74. The van der Waals surface area contributed by atoms with Gasteiger partial charge in [0.25, 0.3) is 0 Å². The average Bonchev–Trinajstić information content (AvgIpc) is 2.93. The van der Waals surface area contributed by atoms with E-state index in [0.717, 1.165) is 11.3 Å². The maximum atomic E-state index is 11.9. The fraction of sp³-hybridized carbons (Fsp3) is 0.400. The molecule has 2 rings (SSSR count). The van der Waals surface area contributed by atoms with E-state index in [-0.39, 0.29) is 5.91 Å². The van der Waals surface area contributed by atoms with Gasteiger partial charge in [-0.1, -0.05) is 26.0 Å².